The van der Waals surface area contributed by atoms with Gasteiger partial charge in [-0.3, -0.25) is 4.98 Å². The van der Waals surface area contributed by atoms with Gasteiger partial charge in [0.2, 0.25) is 0 Å². The molecule has 0 radical (unpaired) electrons. The van der Waals surface area contributed by atoms with E-state index in [1.165, 1.54) is 60.6 Å². The van der Waals surface area contributed by atoms with Crippen LogP contribution in [0.1, 0.15) is 0 Å². The summed E-state index contributed by atoms with van der Waals surface area (Å²) in [6.07, 6.45) is 2.08. The van der Waals surface area contributed by atoms with Crippen LogP contribution in [-0.2, 0) is 0 Å². The number of nitrogens with zero attached hydrogens (tertiary/aromatic N) is 3. The number of hydrogen-bond donors (Lipinski definition) is 0. The molecular formula is C53H35N3. The average molecular weight is 714 g/mol. The van der Waals surface area contributed by atoms with E-state index in [1.807, 2.05) is 0 Å². The van der Waals surface area contributed by atoms with E-state index < -0.39 is 0 Å². The minimum Gasteiger partial charge on any atom is -0.309 e. The molecule has 0 aliphatic heterocycles. The molecule has 0 bridgehead atoms. The number of aromatic nitrogens is 3. The van der Waals surface area contributed by atoms with Crippen molar-refractivity contribution in [3.8, 4) is 56.0 Å². The fourth-order valence-corrected chi connectivity index (χ4v) is 8.55. The maximum Gasteiger partial charge on any atom is 0.0725 e. The average Bonchev–Trinajstić information content (AvgIpc) is 3.79. The number of rotatable bonds is 6. The highest BCUT2D eigenvalue weighted by atomic mass is 15.0. The summed E-state index contributed by atoms with van der Waals surface area (Å²) in [6, 6.07) is 74.1. The Kier molecular flexibility index (Phi) is 7.49. The fourth-order valence-electron chi connectivity index (χ4n) is 8.55. The van der Waals surface area contributed by atoms with E-state index in [4.69, 9.17) is 4.98 Å². The predicted octanol–water partition coefficient (Wildman–Crippen LogP) is 13.9. The van der Waals surface area contributed by atoms with Gasteiger partial charge in [0, 0.05) is 44.0 Å². The second kappa shape index (κ2) is 13.1. The lowest BCUT2D eigenvalue weighted by Crippen LogP contribution is -1.97. The van der Waals surface area contributed by atoms with Crippen LogP contribution in [0.15, 0.2) is 212 Å². The third-order valence-corrected chi connectivity index (χ3v) is 11.1. The SMILES string of the molecule is c1ccc(-c2cccc(-n3c4cnc(-c5ccc6c(c5)c5ccccc5n6-c5ccccc5)cc4c4cc(-c5ccccc5)cc(-c5ccccc5)c43)c2)cc1. The van der Waals surface area contributed by atoms with Gasteiger partial charge < -0.3 is 9.13 Å². The van der Waals surface area contributed by atoms with Crippen LogP contribution in [-0.4, -0.2) is 14.1 Å². The molecule has 0 aliphatic carbocycles. The molecule has 11 aromatic rings. The van der Waals surface area contributed by atoms with Crippen molar-refractivity contribution in [2.75, 3.05) is 0 Å². The summed E-state index contributed by atoms with van der Waals surface area (Å²) in [5.74, 6) is 0. The Balaban J connectivity index is 1.19. The molecule has 3 aromatic heterocycles. The van der Waals surface area contributed by atoms with Crippen LogP contribution in [0.25, 0.3) is 99.6 Å². The van der Waals surface area contributed by atoms with Crippen LogP contribution >= 0.6 is 0 Å². The van der Waals surface area contributed by atoms with E-state index >= 15 is 0 Å². The van der Waals surface area contributed by atoms with E-state index in [9.17, 15) is 0 Å². The molecule has 0 unspecified atom stereocenters. The highest BCUT2D eigenvalue weighted by molar-refractivity contribution is 6.16. The maximum absolute atomic E-state index is 5.25. The first-order valence-electron chi connectivity index (χ1n) is 19.1. The summed E-state index contributed by atoms with van der Waals surface area (Å²) in [5.41, 5.74) is 16.0. The largest absolute Gasteiger partial charge is 0.309 e. The van der Waals surface area contributed by atoms with Gasteiger partial charge in [0.1, 0.15) is 0 Å². The summed E-state index contributed by atoms with van der Waals surface area (Å²) >= 11 is 0. The van der Waals surface area contributed by atoms with E-state index in [0.29, 0.717) is 0 Å². The molecule has 11 rings (SSSR count). The molecule has 0 amide bonds. The Morgan fingerprint density at radius 1 is 0.304 bits per heavy atom. The smallest absolute Gasteiger partial charge is 0.0725 e. The zero-order chi connectivity index (χ0) is 37.0. The van der Waals surface area contributed by atoms with E-state index in [0.717, 1.165) is 39.1 Å². The molecule has 8 aromatic carbocycles. The Morgan fingerprint density at radius 3 is 1.62 bits per heavy atom. The standard InChI is InChI=1S/C53H35N3/c1-5-16-36(17-6-1)39-22-15-25-43(30-39)56-52-35-54-49(40-28-29-51-46(31-40)44-26-13-14-27-50(44)55(51)42-23-11-4-12-24-42)34-47(52)48-33-41(37-18-7-2-8-19-37)32-45(53(48)56)38-20-9-3-10-21-38/h1-35H. The number of benzene rings is 8. The molecule has 0 N–H and O–H groups in total. The number of fused-ring (bicyclic) bond motifs is 6. The van der Waals surface area contributed by atoms with Crippen molar-refractivity contribution < 1.29 is 0 Å². The third-order valence-electron chi connectivity index (χ3n) is 11.1. The monoisotopic (exact) mass is 713 g/mol. The Hall–Kier alpha value is -7.49. The second-order valence-electron chi connectivity index (χ2n) is 14.4. The quantitative estimate of drug-likeness (QED) is 0.168. The molecule has 0 saturated heterocycles. The zero-order valence-corrected chi connectivity index (χ0v) is 30.5. The number of hydrogen-bond acceptors (Lipinski definition) is 1. The zero-order valence-electron chi connectivity index (χ0n) is 30.5. The van der Waals surface area contributed by atoms with Crippen LogP contribution in [0.5, 0.6) is 0 Å². The molecule has 0 atom stereocenters. The van der Waals surface area contributed by atoms with Crippen LogP contribution in [0.2, 0.25) is 0 Å². The minimum absolute atomic E-state index is 0.944. The Labute approximate surface area is 325 Å². The highest BCUT2D eigenvalue weighted by Crippen LogP contribution is 2.43. The first-order valence-corrected chi connectivity index (χ1v) is 19.1. The van der Waals surface area contributed by atoms with Crippen molar-refractivity contribution in [1.29, 1.82) is 0 Å². The molecule has 262 valence electrons. The summed E-state index contributed by atoms with van der Waals surface area (Å²) in [6.45, 7) is 0. The highest BCUT2D eigenvalue weighted by Gasteiger charge is 2.21. The van der Waals surface area contributed by atoms with Gasteiger partial charge in [0.25, 0.3) is 0 Å². The summed E-state index contributed by atoms with van der Waals surface area (Å²) in [7, 11) is 0. The molecule has 0 spiro atoms. The van der Waals surface area contributed by atoms with E-state index in [1.54, 1.807) is 0 Å². The Bertz CT molecular complexity index is 3210. The van der Waals surface area contributed by atoms with Crippen LogP contribution in [0.3, 0.4) is 0 Å². The minimum atomic E-state index is 0.944. The summed E-state index contributed by atoms with van der Waals surface area (Å²) < 4.78 is 4.78. The molecule has 56 heavy (non-hydrogen) atoms. The summed E-state index contributed by atoms with van der Waals surface area (Å²) in [5, 5.41) is 4.79. The van der Waals surface area contributed by atoms with Crippen LogP contribution < -0.4 is 0 Å². The molecular weight excluding hydrogens is 679 g/mol. The summed E-state index contributed by atoms with van der Waals surface area (Å²) in [4.78, 5) is 5.25. The molecule has 3 heteroatoms. The molecule has 0 fully saturated rings. The maximum atomic E-state index is 5.25. The second-order valence-corrected chi connectivity index (χ2v) is 14.4. The number of pyridine rings is 1. The van der Waals surface area contributed by atoms with Crippen molar-refractivity contribution >= 4 is 43.6 Å². The van der Waals surface area contributed by atoms with Crippen molar-refractivity contribution in [3.63, 3.8) is 0 Å². The van der Waals surface area contributed by atoms with Crippen molar-refractivity contribution in [2.24, 2.45) is 0 Å². The molecule has 3 nitrogen and oxygen atoms in total. The van der Waals surface area contributed by atoms with Gasteiger partial charge in [-0.15, -0.1) is 0 Å². The lowest BCUT2D eigenvalue weighted by Gasteiger charge is -2.14. The molecule has 0 saturated carbocycles. The van der Waals surface area contributed by atoms with Gasteiger partial charge in [-0.05, 0) is 88.5 Å². The van der Waals surface area contributed by atoms with Crippen molar-refractivity contribution in [3.05, 3.63) is 212 Å². The first kappa shape index (κ1) is 32.0. The predicted molar refractivity (Wildman–Crippen MR) is 235 cm³/mol. The molecule has 0 aliphatic rings. The van der Waals surface area contributed by atoms with Crippen molar-refractivity contribution in [1.82, 2.24) is 14.1 Å². The van der Waals surface area contributed by atoms with E-state index in [2.05, 4.69) is 222 Å². The number of para-hydroxylation sites is 2. The third kappa shape index (κ3) is 5.25. The topological polar surface area (TPSA) is 22.8 Å². The van der Waals surface area contributed by atoms with Gasteiger partial charge in [-0.1, -0.05) is 146 Å². The van der Waals surface area contributed by atoms with Gasteiger partial charge in [0.15, 0.2) is 0 Å². The van der Waals surface area contributed by atoms with Crippen LogP contribution in [0, 0.1) is 0 Å². The van der Waals surface area contributed by atoms with Gasteiger partial charge >= 0.3 is 0 Å². The van der Waals surface area contributed by atoms with E-state index in [-0.39, 0.29) is 0 Å². The normalized spacial score (nSPS) is 11.6. The molecule has 3 heterocycles. The van der Waals surface area contributed by atoms with Gasteiger partial charge in [-0.25, -0.2) is 0 Å². The van der Waals surface area contributed by atoms with Gasteiger partial charge in [0.05, 0.1) is 34.0 Å². The van der Waals surface area contributed by atoms with Gasteiger partial charge in [-0.2, -0.15) is 0 Å². The lowest BCUT2D eigenvalue weighted by atomic mass is 9.95. The lowest BCUT2D eigenvalue weighted by molar-refractivity contribution is 1.17. The van der Waals surface area contributed by atoms with Crippen molar-refractivity contribution in [2.45, 2.75) is 0 Å². The first-order chi connectivity index (χ1) is 27.8. The Morgan fingerprint density at radius 2 is 0.875 bits per heavy atom. The fraction of sp³-hybridized carbons (Fsp3) is 0. The van der Waals surface area contributed by atoms with Crippen LogP contribution in [0.4, 0.5) is 0 Å².